The topological polar surface area (TPSA) is 70.7 Å². The molecule has 1 aliphatic heterocycles. The van der Waals surface area contributed by atoms with Crippen molar-refractivity contribution in [1.29, 1.82) is 0 Å². The van der Waals surface area contributed by atoms with Crippen LogP contribution in [0.3, 0.4) is 0 Å². The Bertz CT molecular complexity index is 1130. The van der Waals surface area contributed by atoms with Gasteiger partial charge >= 0.3 is 6.09 Å². The van der Waals surface area contributed by atoms with E-state index in [1.807, 2.05) is 106 Å². The maximum Gasteiger partial charge on any atom is 0.410 e. The van der Waals surface area contributed by atoms with E-state index in [1.165, 1.54) is 0 Å². The van der Waals surface area contributed by atoms with Crippen LogP contribution in [0.1, 0.15) is 32.3 Å². The van der Waals surface area contributed by atoms with Crippen LogP contribution in [0.2, 0.25) is 0 Å². The van der Waals surface area contributed by atoms with Crippen LogP contribution in [0.25, 0.3) is 0 Å². The summed E-state index contributed by atoms with van der Waals surface area (Å²) in [7, 11) is 0. The lowest BCUT2D eigenvalue weighted by Gasteiger charge is -2.24. The van der Waals surface area contributed by atoms with Gasteiger partial charge in [0.25, 0.3) is 0 Å². The number of hydrogen-bond donors (Lipinski definition) is 2. The number of likely N-dealkylation sites (tertiary alicyclic amines) is 1. The molecule has 4 rings (SSSR count). The number of benzene rings is 3. The first-order chi connectivity index (χ1) is 16.3. The molecule has 0 saturated carbocycles. The Hall–Kier alpha value is -3.80. The summed E-state index contributed by atoms with van der Waals surface area (Å²) in [6.45, 7) is 6.28. The van der Waals surface area contributed by atoms with Crippen molar-refractivity contribution in [2.75, 3.05) is 23.7 Å². The molecule has 1 saturated heterocycles. The second-order valence-corrected chi connectivity index (χ2v) is 9.57. The lowest BCUT2D eigenvalue weighted by molar-refractivity contribution is -0.119. The van der Waals surface area contributed by atoms with E-state index in [9.17, 15) is 9.59 Å². The van der Waals surface area contributed by atoms with Crippen LogP contribution in [0, 0.1) is 5.92 Å². The van der Waals surface area contributed by atoms with E-state index in [2.05, 4.69) is 10.6 Å². The molecule has 0 unspecified atom stereocenters. The van der Waals surface area contributed by atoms with Crippen LogP contribution in [-0.2, 0) is 9.53 Å². The van der Waals surface area contributed by atoms with Gasteiger partial charge in [-0.3, -0.25) is 4.79 Å². The number of para-hydroxylation sites is 1. The fourth-order valence-corrected chi connectivity index (χ4v) is 4.18. The van der Waals surface area contributed by atoms with Gasteiger partial charge in [-0.1, -0.05) is 54.6 Å². The first kappa shape index (κ1) is 23.4. The number of amides is 2. The molecular formula is C28H31N3O3. The number of rotatable bonds is 5. The Morgan fingerprint density at radius 2 is 1.44 bits per heavy atom. The Morgan fingerprint density at radius 1 is 0.824 bits per heavy atom. The van der Waals surface area contributed by atoms with Gasteiger partial charge in [-0.05, 0) is 56.7 Å². The number of carbonyl (C=O) groups is 2. The summed E-state index contributed by atoms with van der Waals surface area (Å²) >= 11 is 0. The molecule has 34 heavy (non-hydrogen) atoms. The average Bonchev–Trinajstić information content (AvgIpc) is 3.26. The van der Waals surface area contributed by atoms with Gasteiger partial charge in [0.2, 0.25) is 5.91 Å². The maximum atomic E-state index is 13.4. The largest absolute Gasteiger partial charge is 0.444 e. The summed E-state index contributed by atoms with van der Waals surface area (Å²) in [5.74, 6) is -0.614. The molecule has 3 aromatic carbocycles. The third-order valence-corrected chi connectivity index (χ3v) is 5.73. The van der Waals surface area contributed by atoms with Gasteiger partial charge in [0.1, 0.15) is 5.60 Å². The normalized spacial score (nSPS) is 17.8. The molecule has 6 nitrogen and oxygen atoms in total. The molecule has 1 fully saturated rings. The molecule has 176 valence electrons. The summed E-state index contributed by atoms with van der Waals surface area (Å²) in [6.07, 6.45) is -0.391. The predicted molar refractivity (Wildman–Crippen MR) is 135 cm³/mol. The predicted octanol–water partition coefficient (Wildman–Crippen LogP) is 6.02. The highest BCUT2D eigenvalue weighted by Gasteiger charge is 2.41. The van der Waals surface area contributed by atoms with Crippen molar-refractivity contribution < 1.29 is 14.3 Å². The van der Waals surface area contributed by atoms with Crippen LogP contribution in [0.15, 0.2) is 84.9 Å². The zero-order chi connectivity index (χ0) is 24.1. The Kier molecular flexibility index (Phi) is 6.87. The molecule has 2 amide bonds. The van der Waals surface area contributed by atoms with Crippen LogP contribution in [0.5, 0.6) is 0 Å². The molecule has 0 radical (unpaired) electrons. The lowest BCUT2D eigenvalue weighted by atomic mass is 9.88. The fourth-order valence-electron chi connectivity index (χ4n) is 4.18. The van der Waals surface area contributed by atoms with Crippen molar-refractivity contribution in [2.24, 2.45) is 5.92 Å². The van der Waals surface area contributed by atoms with Crippen molar-refractivity contribution >= 4 is 29.1 Å². The van der Waals surface area contributed by atoms with Crippen molar-refractivity contribution in [2.45, 2.75) is 32.3 Å². The van der Waals surface area contributed by atoms with Crippen molar-refractivity contribution in [3.8, 4) is 0 Å². The zero-order valence-corrected chi connectivity index (χ0v) is 19.8. The number of nitrogens with zero attached hydrogens (tertiary/aromatic N) is 1. The smallest absolute Gasteiger partial charge is 0.410 e. The van der Waals surface area contributed by atoms with Crippen LogP contribution < -0.4 is 10.6 Å². The molecule has 1 aliphatic rings. The van der Waals surface area contributed by atoms with Crippen LogP contribution in [0.4, 0.5) is 21.9 Å². The van der Waals surface area contributed by atoms with Crippen LogP contribution in [-0.4, -0.2) is 35.6 Å². The Balaban J connectivity index is 1.51. The maximum absolute atomic E-state index is 13.4. The molecular weight excluding hydrogens is 426 g/mol. The molecule has 0 aromatic heterocycles. The van der Waals surface area contributed by atoms with Gasteiger partial charge in [-0.25, -0.2) is 4.79 Å². The molecule has 2 N–H and O–H groups in total. The quantitative estimate of drug-likeness (QED) is 0.492. The molecule has 3 aromatic rings. The van der Waals surface area contributed by atoms with E-state index in [4.69, 9.17) is 4.74 Å². The van der Waals surface area contributed by atoms with Gasteiger partial charge < -0.3 is 20.3 Å². The molecule has 2 atom stereocenters. The van der Waals surface area contributed by atoms with E-state index >= 15 is 0 Å². The number of carbonyl (C=O) groups excluding carboxylic acids is 2. The second-order valence-electron chi connectivity index (χ2n) is 9.57. The van der Waals surface area contributed by atoms with Crippen LogP contribution >= 0.6 is 0 Å². The van der Waals surface area contributed by atoms with Gasteiger partial charge in [0, 0.05) is 36.1 Å². The summed E-state index contributed by atoms with van der Waals surface area (Å²) in [4.78, 5) is 27.8. The van der Waals surface area contributed by atoms with Gasteiger partial charge in [0.05, 0.1) is 5.92 Å². The zero-order valence-electron chi connectivity index (χ0n) is 19.8. The second kappa shape index (κ2) is 10.00. The fraction of sp³-hybridized carbons (Fsp3) is 0.286. The highest BCUT2D eigenvalue weighted by molar-refractivity contribution is 5.94. The summed E-state index contributed by atoms with van der Waals surface area (Å²) in [5, 5.41) is 6.40. The van der Waals surface area contributed by atoms with E-state index < -0.39 is 11.7 Å². The molecule has 0 aliphatic carbocycles. The monoisotopic (exact) mass is 457 g/mol. The van der Waals surface area contributed by atoms with Crippen molar-refractivity contribution in [3.63, 3.8) is 0 Å². The van der Waals surface area contributed by atoms with E-state index in [0.717, 1.165) is 16.9 Å². The number of anilines is 3. The number of ether oxygens (including phenoxy) is 1. The van der Waals surface area contributed by atoms with Gasteiger partial charge in [0.15, 0.2) is 0 Å². The summed E-state index contributed by atoms with van der Waals surface area (Å²) < 4.78 is 5.57. The minimum absolute atomic E-state index is 0.112. The third-order valence-electron chi connectivity index (χ3n) is 5.73. The number of nitrogens with one attached hydrogen (secondary N) is 2. The minimum Gasteiger partial charge on any atom is -0.444 e. The van der Waals surface area contributed by atoms with Crippen molar-refractivity contribution in [1.82, 2.24) is 4.90 Å². The first-order valence-corrected chi connectivity index (χ1v) is 11.5. The van der Waals surface area contributed by atoms with E-state index in [0.29, 0.717) is 18.8 Å². The standard InChI is InChI=1S/C28H31N3O3/c1-28(2,3)34-27(33)31-18-24(20-11-6-4-7-12-20)25(19-31)26(32)30-23-16-10-15-22(17-23)29-21-13-8-5-9-14-21/h4-17,24-25,29H,18-19H2,1-3H3,(H,30,32)/t24-,25+/m0/s1. The minimum atomic E-state index is -0.591. The molecule has 0 spiro atoms. The average molecular weight is 458 g/mol. The first-order valence-electron chi connectivity index (χ1n) is 11.5. The molecule has 6 heteroatoms. The molecule has 0 bridgehead atoms. The summed E-state index contributed by atoms with van der Waals surface area (Å²) in [5.41, 5.74) is 3.00. The Labute approximate surface area is 200 Å². The summed E-state index contributed by atoms with van der Waals surface area (Å²) in [6, 6.07) is 27.4. The highest BCUT2D eigenvalue weighted by atomic mass is 16.6. The third kappa shape index (κ3) is 5.95. The SMILES string of the molecule is CC(C)(C)OC(=O)N1C[C@@H](C(=O)Nc2cccc(Nc3ccccc3)c2)[C@H](c2ccccc2)C1. The molecule has 1 heterocycles. The highest BCUT2D eigenvalue weighted by Crippen LogP contribution is 2.34. The lowest BCUT2D eigenvalue weighted by Crippen LogP contribution is -2.36. The van der Waals surface area contributed by atoms with Crippen molar-refractivity contribution in [3.05, 3.63) is 90.5 Å². The van der Waals surface area contributed by atoms with E-state index in [-0.39, 0.29) is 17.7 Å². The number of hydrogen-bond acceptors (Lipinski definition) is 4. The van der Waals surface area contributed by atoms with Gasteiger partial charge in [-0.2, -0.15) is 0 Å². The Morgan fingerprint density at radius 3 is 2.12 bits per heavy atom. The van der Waals surface area contributed by atoms with E-state index in [1.54, 1.807) is 4.90 Å². The van der Waals surface area contributed by atoms with Gasteiger partial charge in [-0.15, -0.1) is 0 Å².